The van der Waals surface area contributed by atoms with Crippen LogP contribution in [0.15, 0.2) is 47.3 Å². The summed E-state index contributed by atoms with van der Waals surface area (Å²) in [6.07, 6.45) is 2.14. The fourth-order valence-corrected chi connectivity index (χ4v) is 3.02. The van der Waals surface area contributed by atoms with Gasteiger partial charge in [-0.3, -0.25) is 4.79 Å². The van der Waals surface area contributed by atoms with Gasteiger partial charge >= 0.3 is 0 Å². The standard InChI is InChI=1S/C18H15FN2O/c19-14-5-3-11(4-6-14)15-8-13-10-16-12(2-1-7-20-16)9-17(13)21-18(15)22/h3-6,8-10,20H,1-2,7H2,(H,21,22). The lowest BCUT2D eigenvalue weighted by atomic mass is 9.99. The molecule has 0 radical (unpaired) electrons. The molecule has 2 heterocycles. The van der Waals surface area contributed by atoms with E-state index in [1.54, 1.807) is 12.1 Å². The summed E-state index contributed by atoms with van der Waals surface area (Å²) < 4.78 is 13.1. The Morgan fingerprint density at radius 3 is 2.68 bits per heavy atom. The summed E-state index contributed by atoms with van der Waals surface area (Å²) in [6.45, 7) is 0.979. The van der Waals surface area contributed by atoms with Crippen molar-refractivity contribution in [1.82, 2.24) is 4.98 Å². The van der Waals surface area contributed by atoms with E-state index >= 15 is 0 Å². The number of fused-ring (bicyclic) bond motifs is 2. The van der Waals surface area contributed by atoms with Crippen LogP contribution in [0.5, 0.6) is 0 Å². The summed E-state index contributed by atoms with van der Waals surface area (Å²) in [5.74, 6) is -0.306. The first-order chi connectivity index (χ1) is 10.7. The molecule has 4 rings (SSSR count). The smallest absolute Gasteiger partial charge is 0.256 e. The highest BCUT2D eigenvalue weighted by atomic mass is 19.1. The zero-order chi connectivity index (χ0) is 15.1. The minimum atomic E-state index is -0.306. The minimum Gasteiger partial charge on any atom is -0.385 e. The molecular weight excluding hydrogens is 279 g/mol. The lowest BCUT2D eigenvalue weighted by Crippen LogP contribution is -2.13. The first-order valence-electron chi connectivity index (χ1n) is 7.40. The van der Waals surface area contributed by atoms with Gasteiger partial charge in [0.05, 0.1) is 0 Å². The predicted octanol–water partition coefficient (Wildman–Crippen LogP) is 3.69. The SMILES string of the molecule is O=c1[nH]c2cc3c(cc2cc1-c1ccc(F)cc1)NCCC3. The summed E-state index contributed by atoms with van der Waals surface area (Å²) in [7, 11) is 0. The van der Waals surface area contributed by atoms with E-state index in [4.69, 9.17) is 0 Å². The highest BCUT2D eigenvalue weighted by Crippen LogP contribution is 2.28. The molecule has 0 unspecified atom stereocenters. The normalized spacial score (nSPS) is 13.7. The summed E-state index contributed by atoms with van der Waals surface area (Å²) in [5.41, 5.74) is 4.35. The molecule has 3 nitrogen and oxygen atoms in total. The van der Waals surface area contributed by atoms with Gasteiger partial charge in [0.15, 0.2) is 0 Å². The van der Waals surface area contributed by atoms with Crippen LogP contribution in [0.1, 0.15) is 12.0 Å². The van der Waals surface area contributed by atoms with Crippen LogP contribution in [0.3, 0.4) is 0 Å². The van der Waals surface area contributed by atoms with Gasteiger partial charge in [0, 0.05) is 28.7 Å². The van der Waals surface area contributed by atoms with Crippen LogP contribution < -0.4 is 10.9 Å². The van der Waals surface area contributed by atoms with Gasteiger partial charge in [0.25, 0.3) is 5.56 Å². The number of halogens is 1. The molecule has 2 aromatic carbocycles. The maximum atomic E-state index is 13.1. The van der Waals surface area contributed by atoms with Crippen LogP contribution in [-0.2, 0) is 6.42 Å². The van der Waals surface area contributed by atoms with Gasteiger partial charge in [-0.2, -0.15) is 0 Å². The second-order valence-electron chi connectivity index (χ2n) is 5.65. The summed E-state index contributed by atoms with van der Waals surface area (Å²) in [5, 5.41) is 4.37. The molecular formula is C18H15FN2O. The number of anilines is 1. The molecule has 1 aliphatic rings. The number of pyridine rings is 1. The van der Waals surface area contributed by atoms with Crippen molar-refractivity contribution in [2.75, 3.05) is 11.9 Å². The monoisotopic (exact) mass is 294 g/mol. The van der Waals surface area contributed by atoms with E-state index in [2.05, 4.69) is 16.4 Å². The van der Waals surface area contributed by atoms with Gasteiger partial charge in [-0.25, -0.2) is 4.39 Å². The van der Waals surface area contributed by atoms with Crippen LogP contribution >= 0.6 is 0 Å². The van der Waals surface area contributed by atoms with Crippen molar-refractivity contribution < 1.29 is 4.39 Å². The molecule has 2 N–H and O–H groups in total. The third kappa shape index (κ3) is 2.17. The summed E-state index contributed by atoms with van der Waals surface area (Å²) >= 11 is 0. The average Bonchev–Trinajstić information content (AvgIpc) is 2.53. The van der Waals surface area contributed by atoms with E-state index in [9.17, 15) is 9.18 Å². The predicted molar refractivity (Wildman–Crippen MR) is 86.8 cm³/mol. The molecule has 0 fully saturated rings. The topological polar surface area (TPSA) is 44.9 Å². The molecule has 110 valence electrons. The highest BCUT2D eigenvalue weighted by Gasteiger charge is 2.12. The molecule has 0 aliphatic carbocycles. The maximum Gasteiger partial charge on any atom is 0.256 e. The van der Waals surface area contributed by atoms with Crippen LogP contribution in [0.25, 0.3) is 22.0 Å². The molecule has 22 heavy (non-hydrogen) atoms. The Bertz CT molecular complexity index is 913. The second-order valence-corrected chi connectivity index (χ2v) is 5.65. The largest absolute Gasteiger partial charge is 0.385 e. The van der Waals surface area contributed by atoms with E-state index in [-0.39, 0.29) is 11.4 Å². The fourth-order valence-electron chi connectivity index (χ4n) is 3.02. The zero-order valence-electron chi connectivity index (χ0n) is 11.9. The molecule has 3 aromatic rings. The molecule has 0 saturated carbocycles. The van der Waals surface area contributed by atoms with Crippen molar-refractivity contribution >= 4 is 16.6 Å². The van der Waals surface area contributed by atoms with Crippen molar-refractivity contribution in [3.8, 4) is 11.1 Å². The lowest BCUT2D eigenvalue weighted by molar-refractivity contribution is 0.628. The Labute approximate surface area is 126 Å². The number of benzene rings is 2. The van der Waals surface area contributed by atoms with E-state index in [1.165, 1.54) is 17.7 Å². The average molecular weight is 294 g/mol. The Morgan fingerprint density at radius 2 is 1.86 bits per heavy atom. The van der Waals surface area contributed by atoms with Crippen molar-refractivity contribution in [3.63, 3.8) is 0 Å². The maximum absolute atomic E-state index is 13.1. The minimum absolute atomic E-state index is 0.150. The van der Waals surface area contributed by atoms with E-state index in [1.807, 2.05) is 12.1 Å². The van der Waals surface area contributed by atoms with Gasteiger partial charge in [0.2, 0.25) is 0 Å². The quantitative estimate of drug-likeness (QED) is 0.719. The summed E-state index contributed by atoms with van der Waals surface area (Å²) in [6, 6.07) is 12.0. The number of H-pyrrole nitrogens is 1. The first-order valence-corrected chi connectivity index (χ1v) is 7.40. The van der Waals surface area contributed by atoms with E-state index in [0.717, 1.165) is 41.5 Å². The lowest BCUT2D eigenvalue weighted by Gasteiger charge is -2.18. The van der Waals surface area contributed by atoms with Crippen molar-refractivity contribution in [2.24, 2.45) is 0 Å². The van der Waals surface area contributed by atoms with Gasteiger partial charge in [0.1, 0.15) is 5.82 Å². The Kier molecular flexibility index (Phi) is 2.96. The van der Waals surface area contributed by atoms with Crippen LogP contribution in [0, 0.1) is 5.82 Å². The number of hydrogen-bond acceptors (Lipinski definition) is 2. The van der Waals surface area contributed by atoms with Crippen LogP contribution in [-0.4, -0.2) is 11.5 Å². The third-order valence-electron chi connectivity index (χ3n) is 4.16. The fraction of sp³-hybridized carbons (Fsp3) is 0.167. The van der Waals surface area contributed by atoms with Gasteiger partial charge in [-0.05, 0) is 54.3 Å². The molecule has 0 atom stereocenters. The molecule has 0 saturated heterocycles. The number of aromatic nitrogens is 1. The Hall–Kier alpha value is -2.62. The Morgan fingerprint density at radius 1 is 1.05 bits per heavy atom. The van der Waals surface area contributed by atoms with E-state index < -0.39 is 0 Å². The second kappa shape index (κ2) is 4.98. The van der Waals surface area contributed by atoms with Crippen molar-refractivity contribution in [1.29, 1.82) is 0 Å². The number of nitrogens with one attached hydrogen (secondary N) is 2. The van der Waals surface area contributed by atoms with Crippen LogP contribution in [0.4, 0.5) is 10.1 Å². The number of rotatable bonds is 1. The molecule has 1 aliphatic heterocycles. The van der Waals surface area contributed by atoms with Crippen molar-refractivity contribution in [2.45, 2.75) is 12.8 Å². The molecule has 0 amide bonds. The van der Waals surface area contributed by atoms with Crippen LogP contribution in [0.2, 0.25) is 0 Å². The zero-order valence-corrected chi connectivity index (χ0v) is 11.9. The van der Waals surface area contributed by atoms with Gasteiger partial charge < -0.3 is 10.3 Å². The highest BCUT2D eigenvalue weighted by molar-refractivity contribution is 5.87. The number of aromatic amines is 1. The Balaban J connectivity index is 1.91. The van der Waals surface area contributed by atoms with E-state index in [0.29, 0.717) is 5.56 Å². The number of aryl methyl sites for hydroxylation is 1. The molecule has 0 spiro atoms. The summed E-state index contributed by atoms with van der Waals surface area (Å²) in [4.78, 5) is 15.3. The van der Waals surface area contributed by atoms with Crippen molar-refractivity contribution in [3.05, 3.63) is 64.2 Å². The molecule has 0 bridgehead atoms. The number of hydrogen-bond donors (Lipinski definition) is 2. The molecule has 1 aromatic heterocycles. The first kappa shape index (κ1) is 13.1. The van der Waals surface area contributed by atoms with Gasteiger partial charge in [-0.1, -0.05) is 12.1 Å². The van der Waals surface area contributed by atoms with Gasteiger partial charge in [-0.15, -0.1) is 0 Å². The third-order valence-corrected chi connectivity index (χ3v) is 4.16. The molecule has 4 heteroatoms.